The van der Waals surface area contributed by atoms with Gasteiger partial charge in [0.25, 0.3) is 0 Å². The minimum Gasteiger partial charge on any atom is -0.343 e. The van der Waals surface area contributed by atoms with Crippen LogP contribution in [0.5, 0.6) is 0 Å². The zero-order valence-corrected chi connectivity index (χ0v) is 67.7. The molecule has 12 amide bonds. The van der Waals surface area contributed by atoms with Crippen LogP contribution in [0.25, 0.3) is 0 Å². The van der Waals surface area contributed by atoms with Gasteiger partial charge in [0.2, 0.25) is 70.9 Å². The van der Waals surface area contributed by atoms with Crippen molar-refractivity contribution in [1.29, 1.82) is 0 Å². The number of piperidine rings is 1. The fourth-order valence-corrected chi connectivity index (χ4v) is 17.3. The summed E-state index contributed by atoms with van der Waals surface area (Å²) in [6.45, 7) is 8.75. The van der Waals surface area contributed by atoms with Gasteiger partial charge in [0.15, 0.2) is 0 Å². The number of alkyl halides is 6. The van der Waals surface area contributed by atoms with Crippen molar-refractivity contribution in [2.45, 2.75) is 267 Å². The van der Waals surface area contributed by atoms with Gasteiger partial charge in [0.1, 0.15) is 65.6 Å². The van der Waals surface area contributed by atoms with E-state index in [0.29, 0.717) is 76.9 Å². The predicted octanol–water partition coefficient (Wildman–Crippen LogP) is 8.45. The molecule has 1 aromatic heterocycles. The molecule has 0 bridgehead atoms. The number of likely N-dealkylation sites (N-methyl/N-ethyl adjacent to an activating group) is 7. The number of rotatable bonds is 13. The molecule has 10 atom stereocenters. The maximum absolute atomic E-state index is 16.0. The third-order valence-corrected chi connectivity index (χ3v) is 24.8. The number of aryl methyl sites for hydroxylation is 1. The first-order valence-electron chi connectivity index (χ1n) is 39.9. The van der Waals surface area contributed by atoms with Crippen LogP contribution in [0.1, 0.15) is 205 Å². The first kappa shape index (κ1) is 89.4. The van der Waals surface area contributed by atoms with E-state index in [9.17, 15) is 45.5 Å². The van der Waals surface area contributed by atoms with Crippen LogP contribution in [0.15, 0.2) is 36.5 Å². The van der Waals surface area contributed by atoms with Crippen molar-refractivity contribution in [3.8, 4) is 0 Å². The number of benzene rings is 1. The van der Waals surface area contributed by atoms with Crippen molar-refractivity contribution in [2.75, 3.05) is 75.5 Å². The number of pyridine rings is 1. The van der Waals surface area contributed by atoms with Crippen molar-refractivity contribution in [1.82, 2.24) is 65.0 Å². The fourth-order valence-electron chi connectivity index (χ4n) is 17.0. The van der Waals surface area contributed by atoms with Gasteiger partial charge in [-0.15, -0.1) is 0 Å². The highest BCUT2D eigenvalue weighted by atomic mass is 35.5. The number of nitrogens with one attached hydrogen (secondary N) is 3. The van der Waals surface area contributed by atoms with Crippen LogP contribution in [0.4, 0.5) is 26.3 Å². The maximum Gasteiger partial charge on any atom is 0.433 e. The quantitative estimate of drug-likeness (QED) is 0.159. The highest BCUT2D eigenvalue weighted by Crippen LogP contribution is 2.39. The number of nitrogens with zero attached hydrogens (tertiary/aromatic N) is 10. The summed E-state index contributed by atoms with van der Waals surface area (Å²) in [5.74, 6) is -10.2. The van der Waals surface area contributed by atoms with Crippen LogP contribution in [-0.4, -0.2) is 255 Å². The minimum absolute atomic E-state index is 0.00536. The van der Waals surface area contributed by atoms with E-state index < -0.39 is 197 Å². The summed E-state index contributed by atoms with van der Waals surface area (Å²) in [4.78, 5) is 199. The smallest absolute Gasteiger partial charge is 0.343 e. The summed E-state index contributed by atoms with van der Waals surface area (Å²) < 4.78 is 84.4. The predicted molar refractivity (Wildman–Crippen MR) is 405 cm³/mol. The Morgan fingerprint density at radius 3 is 1.79 bits per heavy atom. The van der Waals surface area contributed by atoms with E-state index in [2.05, 4.69) is 20.9 Å². The third kappa shape index (κ3) is 21.6. The fraction of sp³-hybridized carbons (Fsp3) is 0.713. The second-order valence-corrected chi connectivity index (χ2v) is 33.1. The number of fused-ring (bicyclic) bond motifs is 1. The number of halogens is 7. The highest BCUT2D eigenvalue weighted by molar-refractivity contribution is 6.31. The Morgan fingerprint density at radius 1 is 0.616 bits per heavy atom. The molecule has 622 valence electrons. The molecule has 112 heavy (non-hydrogen) atoms. The lowest BCUT2D eigenvalue weighted by Gasteiger charge is -2.45. The number of hydrogen-bond donors (Lipinski definition) is 3. The van der Waals surface area contributed by atoms with E-state index in [4.69, 9.17) is 11.6 Å². The van der Waals surface area contributed by atoms with Crippen LogP contribution in [0.2, 0.25) is 5.02 Å². The van der Waals surface area contributed by atoms with Gasteiger partial charge >= 0.3 is 12.4 Å². The molecule has 4 heterocycles. The maximum atomic E-state index is 16.0. The number of amides is 12. The van der Waals surface area contributed by atoms with Crippen LogP contribution >= 0.6 is 11.6 Å². The van der Waals surface area contributed by atoms with Crippen LogP contribution in [0, 0.1) is 23.7 Å². The average Bonchev–Trinajstić information content (AvgIpc) is 1.34. The lowest BCUT2D eigenvalue weighted by Crippen LogP contribution is -2.66. The number of carbonyl (C=O) groups excluding carboxylic acids is 12. The molecule has 3 aliphatic heterocycles. The minimum atomic E-state index is -4.89. The average molecular weight is 1600 g/mol. The van der Waals surface area contributed by atoms with E-state index in [-0.39, 0.29) is 68.0 Å². The Bertz CT molecular complexity index is 3700. The molecule has 2 aromatic rings. The molecule has 3 N–H and O–H groups in total. The largest absolute Gasteiger partial charge is 0.433 e. The molecule has 6 fully saturated rings. The van der Waals surface area contributed by atoms with Gasteiger partial charge in [-0.2, -0.15) is 26.3 Å². The first-order chi connectivity index (χ1) is 52.7. The summed E-state index contributed by atoms with van der Waals surface area (Å²) in [6, 6.07) is -7.60. The van der Waals surface area contributed by atoms with Crippen molar-refractivity contribution in [3.63, 3.8) is 0 Å². The van der Waals surface area contributed by atoms with E-state index >= 15 is 38.4 Å². The van der Waals surface area contributed by atoms with Crippen molar-refractivity contribution >= 4 is 82.5 Å². The van der Waals surface area contributed by atoms with Gasteiger partial charge in [-0.3, -0.25) is 62.5 Å². The summed E-state index contributed by atoms with van der Waals surface area (Å²) in [6.07, 6.45) is 0.0219. The second-order valence-electron chi connectivity index (χ2n) is 32.7. The van der Waals surface area contributed by atoms with E-state index in [1.54, 1.807) is 11.8 Å². The van der Waals surface area contributed by atoms with Crippen molar-refractivity contribution in [2.24, 2.45) is 23.7 Å². The van der Waals surface area contributed by atoms with Gasteiger partial charge in [0, 0.05) is 81.6 Å². The summed E-state index contributed by atoms with van der Waals surface area (Å²) >= 11 is 6.20. The van der Waals surface area contributed by atoms with Crippen LogP contribution < -0.4 is 16.0 Å². The lowest BCUT2D eigenvalue weighted by molar-refractivity contribution is -0.160. The van der Waals surface area contributed by atoms with Gasteiger partial charge < -0.3 is 60.0 Å². The summed E-state index contributed by atoms with van der Waals surface area (Å²) in [5.41, 5.74) is -4.07. The van der Waals surface area contributed by atoms with Crippen molar-refractivity contribution < 1.29 is 83.9 Å². The Labute approximate surface area is 659 Å². The van der Waals surface area contributed by atoms with Crippen LogP contribution in [-0.2, 0) is 82.7 Å². The Balaban J connectivity index is 1.25. The standard InChI is InChI=1S/C80H116ClF6N13O12/c1-13-49(4)66-75(110)93(7)50(5)70(105)100-40-35-58(100)73(108)96(10)61(43-51-25-17-14-18-26-51)72(107)92(6)47-64(101)89-57(33-30-52-29-32-55(56(81)42-52)79(82,83)84)71(106)95(9)60(44-53-31-34-63(88-46-53)80(85,86)87)69(104)91-78(36-21-22-37-78)77(112)98(12)67(54-27-19-15-20-28-54)76(111)97(11)62(74(109)99-38-23-16-24-39-99)45-65(102)94(8)59(41-48(2)3)68(103)90-66/h29,31-32,34,42,46,48-51,54,57-62,66-67H,13-28,30,33,35-41,43-45,47H2,1-12H3,(H,89,101)(H,90,103)(H,91,104)/t49-,50-,57-,58?,59-,60-,61-,62-,66-,67-/m0/s1. The van der Waals surface area contributed by atoms with E-state index in [0.717, 1.165) is 85.2 Å². The molecular weight excluding hydrogens is 1480 g/mol. The molecule has 1 unspecified atom stereocenters. The number of likely N-dealkylation sites (tertiary alicyclic amines) is 1. The van der Waals surface area contributed by atoms with Gasteiger partial charge in [0.05, 0.1) is 23.6 Å². The molecule has 0 radical (unpaired) electrons. The zero-order valence-electron chi connectivity index (χ0n) is 67.0. The Hall–Kier alpha value is -8.12. The second kappa shape index (κ2) is 38.8. The molecule has 8 rings (SSSR count). The van der Waals surface area contributed by atoms with E-state index in [1.165, 1.54) is 85.7 Å². The first-order valence-corrected chi connectivity index (χ1v) is 40.3. The van der Waals surface area contributed by atoms with E-state index in [1.807, 2.05) is 20.8 Å². The molecule has 1 aromatic carbocycles. The summed E-state index contributed by atoms with van der Waals surface area (Å²) in [5, 5.41) is 7.91. The molecule has 25 nitrogen and oxygen atoms in total. The molecule has 6 aliphatic rings. The monoisotopic (exact) mass is 1600 g/mol. The van der Waals surface area contributed by atoms with Gasteiger partial charge in [-0.05, 0) is 137 Å². The third-order valence-electron chi connectivity index (χ3n) is 24.5. The topological polar surface area (TPSA) is 283 Å². The summed E-state index contributed by atoms with van der Waals surface area (Å²) in [7, 11) is 9.60. The molecule has 32 heteroatoms. The normalized spacial score (nSPS) is 26.7. The molecular formula is C80H116ClF6N13O12. The SMILES string of the molecule is CC[C@H](C)[C@@H]1NC(=O)[C@H](CC(C)C)N(C)C(=O)C[C@@H](C(=O)N2CCCCC2)N(C)C(=O)[C@H](C2CCCCC2)N(C)C(=O)C2(CCCC2)NC(=O)[C@H](Cc2ccc(C(F)(F)F)nc2)N(C)C(=O)[C@H](CCc2ccc(C(F)(F)F)c(Cl)c2)NC(=O)CN(C)C(=O)[C@H](CC2CCCCC2)N(C)C(=O)C2CCN2C(=O)[C@H](C)N(C)C1=O. The molecule has 3 aliphatic carbocycles. The Morgan fingerprint density at radius 2 is 1.22 bits per heavy atom. The number of aromatic nitrogens is 1. The zero-order chi connectivity index (χ0) is 82.6. The van der Waals surface area contributed by atoms with Crippen molar-refractivity contribution in [3.05, 3.63) is 63.9 Å². The number of carbonyl (C=O) groups is 12. The van der Waals surface area contributed by atoms with Gasteiger partial charge in [-0.25, -0.2) is 0 Å². The lowest BCUT2D eigenvalue weighted by atomic mass is 9.81. The molecule has 3 saturated carbocycles. The number of hydrogen-bond acceptors (Lipinski definition) is 13. The molecule has 3 saturated heterocycles. The molecule has 1 spiro atoms. The van der Waals surface area contributed by atoms with Gasteiger partial charge in [-0.1, -0.05) is 122 Å². The van der Waals surface area contributed by atoms with Crippen LogP contribution in [0.3, 0.4) is 0 Å². The Kier molecular flexibility index (Phi) is 31.0. The highest BCUT2D eigenvalue weighted by Gasteiger charge is 2.52.